The molecule has 13 heavy (non-hydrogen) atoms. The number of aliphatic hydroxyl groups excluding tert-OH is 6. The molecule has 0 saturated heterocycles. The van der Waals surface area contributed by atoms with Gasteiger partial charge in [-0.2, -0.15) is 0 Å². The van der Waals surface area contributed by atoms with E-state index in [2.05, 4.69) is 0 Å². The van der Waals surface area contributed by atoms with Gasteiger partial charge >= 0.3 is 0 Å². The summed E-state index contributed by atoms with van der Waals surface area (Å²) in [6, 6.07) is 0. The number of hydrogen-bond acceptors (Lipinski definition) is 6. The summed E-state index contributed by atoms with van der Waals surface area (Å²) < 4.78 is 0. The summed E-state index contributed by atoms with van der Waals surface area (Å²) in [6.07, 6.45) is -6.39. The first-order valence-electron chi connectivity index (χ1n) is 3.48. The highest BCUT2D eigenvalue weighted by Gasteiger charge is 2.29. The molecule has 0 heterocycles. The molecule has 0 radical (unpaired) electrons. The molecule has 80 valence electrons. The van der Waals surface area contributed by atoms with Crippen LogP contribution >= 0.6 is 0 Å². The molecular formula is C6H17BO6. The lowest BCUT2D eigenvalue weighted by Gasteiger charge is -2.24. The molecule has 0 aromatic carbocycles. The Morgan fingerprint density at radius 1 is 0.692 bits per heavy atom. The minimum absolute atomic E-state index is 0. The molecule has 0 fully saturated rings. The fourth-order valence-electron chi connectivity index (χ4n) is 0.671. The fourth-order valence-corrected chi connectivity index (χ4v) is 0.671. The van der Waals surface area contributed by atoms with Crippen LogP contribution in [0.5, 0.6) is 0 Å². The molecule has 6 N–H and O–H groups in total. The molecule has 0 aliphatic rings. The fraction of sp³-hybridized carbons (Fsp3) is 1.00. The van der Waals surface area contributed by atoms with Crippen LogP contribution in [-0.2, 0) is 0 Å². The highest BCUT2D eigenvalue weighted by Crippen LogP contribution is 2.03. The first-order chi connectivity index (χ1) is 5.54. The van der Waals surface area contributed by atoms with Gasteiger partial charge in [0.2, 0.25) is 0 Å². The van der Waals surface area contributed by atoms with Crippen molar-refractivity contribution in [1.29, 1.82) is 0 Å². The topological polar surface area (TPSA) is 121 Å². The van der Waals surface area contributed by atoms with Crippen LogP contribution in [0.3, 0.4) is 0 Å². The Morgan fingerprint density at radius 2 is 0.923 bits per heavy atom. The molecule has 0 aromatic rings. The molecule has 0 aromatic heterocycles. The molecule has 4 atom stereocenters. The lowest BCUT2D eigenvalue weighted by atomic mass is 10.0. The van der Waals surface area contributed by atoms with Crippen molar-refractivity contribution in [2.24, 2.45) is 0 Å². The van der Waals surface area contributed by atoms with E-state index in [4.69, 9.17) is 30.6 Å². The average molecular weight is 196 g/mol. The Morgan fingerprint density at radius 3 is 1.08 bits per heavy atom. The zero-order valence-electron chi connectivity index (χ0n) is 6.41. The first-order valence-corrected chi connectivity index (χ1v) is 3.48. The maximum atomic E-state index is 8.96. The Hall–Kier alpha value is -0.175. The molecule has 0 bridgehead atoms. The van der Waals surface area contributed by atoms with Crippen molar-refractivity contribution in [3.63, 3.8) is 0 Å². The van der Waals surface area contributed by atoms with Crippen molar-refractivity contribution in [3.8, 4) is 0 Å². The standard InChI is InChI=1S/C6H14O6.BH3/c7-1-3(9)5(11)6(12)4(10)2-8;/h3-12H,1-2H2;1H3/t3-,4+,5-,6-;/m1./s1. The van der Waals surface area contributed by atoms with Crippen LogP contribution in [0.4, 0.5) is 0 Å². The summed E-state index contributed by atoms with van der Waals surface area (Å²) in [7, 11) is 0. The van der Waals surface area contributed by atoms with Gasteiger partial charge in [-0.3, -0.25) is 0 Å². The Labute approximate surface area is 77.7 Å². The van der Waals surface area contributed by atoms with Gasteiger partial charge in [0.15, 0.2) is 0 Å². The Balaban J connectivity index is 0. The van der Waals surface area contributed by atoms with E-state index in [9.17, 15) is 0 Å². The number of hydrogen-bond donors (Lipinski definition) is 6. The molecule has 0 spiro atoms. The average Bonchev–Trinajstić information content (AvgIpc) is 2.12. The largest absolute Gasteiger partial charge is 0.394 e. The van der Waals surface area contributed by atoms with E-state index >= 15 is 0 Å². The van der Waals surface area contributed by atoms with Crippen LogP contribution in [0, 0.1) is 0 Å². The quantitative estimate of drug-likeness (QED) is 0.245. The van der Waals surface area contributed by atoms with E-state index in [1.807, 2.05) is 0 Å². The highest BCUT2D eigenvalue weighted by molar-refractivity contribution is 5.75. The number of aliphatic hydroxyl groups is 6. The van der Waals surface area contributed by atoms with Gasteiger partial charge in [0.1, 0.15) is 24.4 Å². The predicted molar refractivity (Wildman–Crippen MR) is 48.1 cm³/mol. The van der Waals surface area contributed by atoms with Crippen LogP contribution in [0.2, 0.25) is 0 Å². The van der Waals surface area contributed by atoms with Gasteiger partial charge in [-0.15, -0.1) is 0 Å². The summed E-state index contributed by atoms with van der Waals surface area (Å²) in [5.41, 5.74) is 0. The van der Waals surface area contributed by atoms with Crippen LogP contribution in [0.15, 0.2) is 0 Å². The molecule has 6 nitrogen and oxygen atoms in total. The van der Waals surface area contributed by atoms with Crippen LogP contribution < -0.4 is 0 Å². The molecular weight excluding hydrogens is 179 g/mol. The van der Waals surface area contributed by atoms with E-state index in [1.165, 1.54) is 0 Å². The third-order valence-corrected chi connectivity index (χ3v) is 1.51. The van der Waals surface area contributed by atoms with E-state index in [-0.39, 0.29) is 8.41 Å². The Kier molecular flexibility index (Phi) is 8.53. The van der Waals surface area contributed by atoms with E-state index < -0.39 is 37.6 Å². The molecule has 0 amide bonds. The van der Waals surface area contributed by atoms with Crippen molar-refractivity contribution in [2.75, 3.05) is 13.2 Å². The molecule has 0 saturated carbocycles. The summed E-state index contributed by atoms with van der Waals surface area (Å²) >= 11 is 0. The maximum Gasteiger partial charge on any atom is 0.111 e. The minimum Gasteiger partial charge on any atom is -0.394 e. The molecule has 0 rings (SSSR count). The van der Waals surface area contributed by atoms with Crippen molar-refractivity contribution < 1.29 is 30.6 Å². The SMILES string of the molecule is B.OC[C@@H](O)[C@@H](O)[C@H](O)[C@@H](O)CO. The zero-order chi connectivity index (χ0) is 9.72. The lowest BCUT2D eigenvalue weighted by molar-refractivity contribution is -0.123. The third-order valence-electron chi connectivity index (χ3n) is 1.51. The number of rotatable bonds is 5. The monoisotopic (exact) mass is 196 g/mol. The predicted octanol–water partition coefficient (Wildman–Crippen LogP) is -4.77. The zero-order valence-corrected chi connectivity index (χ0v) is 6.41. The smallest absolute Gasteiger partial charge is 0.111 e. The van der Waals surface area contributed by atoms with E-state index in [1.54, 1.807) is 0 Å². The Bertz CT molecular complexity index is 110. The van der Waals surface area contributed by atoms with Crippen molar-refractivity contribution >= 4 is 8.41 Å². The molecule has 0 aliphatic carbocycles. The normalized spacial score (nSPS) is 19.8. The van der Waals surface area contributed by atoms with Crippen LogP contribution in [0.1, 0.15) is 0 Å². The molecule has 0 unspecified atom stereocenters. The second-order valence-corrected chi connectivity index (χ2v) is 2.48. The van der Waals surface area contributed by atoms with Gasteiger partial charge in [-0.25, -0.2) is 0 Å². The highest BCUT2D eigenvalue weighted by atomic mass is 16.4. The summed E-state index contributed by atoms with van der Waals surface area (Å²) in [5, 5.41) is 52.2. The van der Waals surface area contributed by atoms with E-state index in [0.717, 1.165) is 0 Å². The van der Waals surface area contributed by atoms with Gasteiger partial charge in [0, 0.05) is 0 Å². The third kappa shape index (κ3) is 4.56. The first kappa shape index (κ1) is 15.3. The maximum absolute atomic E-state index is 8.96. The van der Waals surface area contributed by atoms with Crippen LogP contribution in [0.25, 0.3) is 0 Å². The second kappa shape index (κ2) is 7.25. The van der Waals surface area contributed by atoms with Crippen molar-refractivity contribution in [1.82, 2.24) is 0 Å². The van der Waals surface area contributed by atoms with Gasteiger partial charge in [-0.05, 0) is 0 Å². The molecule has 0 aliphatic heterocycles. The van der Waals surface area contributed by atoms with Gasteiger partial charge in [0.25, 0.3) is 0 Å². The van der Waals surface area contributed by atoms with Crippen molar-refractivity contribution in [3.05, 3.63) is 0 Å². The summed E-state index contributed by atoms with van der Waals surface area (Å²) in [6.45, 7) is -1.45. The van der Waals surface area contributed by atoms with Gasteiger partial charge in [0.05, 0.1) is 21.6 Å². The lowest BCUT2D eigenvalue weighted by Crippen LogP contribution is -2.46. The van der Waals surface area contributed by atoms with Crippen LogP contribution in [-0.4, -0.2) is 76.7 Å². The second-order valence-electron chi connectivity index (χ2n) is 2.48. The minimum atomic E-state index is -1.67. The van der Waals surface area contributed by atoms with Crippen molar-refractivity contribution in [2.45, 2.75) is 24.4 Å². The van der Waals surface area contributed by atoms with E-state index in [0.29, 0.717) is 0 Å². The van der Waals surface area contributed by atoms with Gasteiger partial charge < -0.3 is 30.6 Å². The van der Waals surface area contributed by atoms with Gasteiger partial charge in [-0.1, -0.05) is 0 Å². The summed E-state index contributed by atoms with van der Waals surface area (Å²) in [4.78, 5) is 0. The molecule has 7 heteroatoms. The summed E-state index contributed by atoms with van der Waals surface area (Å²) in [5.74, 6) is 0.